The van der Waals surface area contributed by atoms with Crippen molar-refractivity contribution in [3.05, 3.63) is 35.1 Å². The van der Waals surface area contributed by atoms with Gasteiger partial charge in [-0.15, -0.1) is 0 Å². The van der Waals surface area contributed by atoms with Gasteiger partial charge in [0.15, 0.2) is 5.54 Å². The molecule has 0 amide bonds. The lowest BCUT2D eigenvalue weighted by Crippen LogP contribution is -2.51. The van der Waals surface area contributed by atoms with Crippen molar-refractivity contribution in [3.63, 3.8) is 0 Å². The number of benzene rings is 1. The fourth-order valence-electron chi connectivity index (χ4n) is 1.69. The number of hydrogen-bond acceptors (Lipinski definition) is 3. The van der Waals surface area contributed by atoms with Gasteiger partial charge in [-0.3, -0.25) is 0 Å². The molecule has 80 valence electrons. The molecule has 5 heteroatoms. The molecule has 0 aliphatic carbocycles. The molecule has 0 saturated carbocycles. The van der Waals surface area contributed by atoms with E-state index in [1.165, 1.54) is 18.2 Å². The lowest BCUT2D eigenvalue weighted by Gasteiger charge is -2.31. The zero-order valence-electron chi connectivity index (χ0n) is 7.87. The minimum atomic E-state index is -1.64. The van der Waals surface area contributed by atoms with Crippen LogP contribution >= 0.6 is 0 Å². The molecule has 1 atom stereocenters. The molecule has 2 rings (SSSR count). The second-order valence-corrected chi connectivity index (χ2v) is 3.54. The van der Waals surface area contributed by atoms with Gasteiger partial charge in [-0.25, -0.2) is 9.18 Å². The summed E-state index contributed by atoms with van der Waals surface area (Å²) in [6.07, 6.45) is 0. The van der Waals surface area contributed by atoms with Crippen molar-refractivity contribution >= 4 is 5.97 Å². The summed E-state index contributed by atoms with van der Waals surface area (Å²) in [7, 11) is 0. The van der Waals surface area contributed by atoms with Crippen molar-refractivity contribution in [2.45, 2.75) is 12.1 Å². The van der Waals surface area contributed by atoms with Gasteiger partial charge in [-0.1, -0.05) is 12.1 Å². The smallest absolute Gasteiger partial charge is 0.330 e. The lowest BCUT2D eigenvalue weighted by molar-refractivity contribution is -0.147. The molecule has 1 heterocycles. The summed E-state index contributed by atoms with van der Waals surface area (Å²) in [5.74, 6) is -1.70. The first-order valence-electron chi connectivity index (χ1n) is 4.43. The Kier molecular flexibility index (Phi) is 2.21. The van der Waals surface area contributed by atoms with E-state index >= 15 is 0 Å². The van der Waals surface area contributed by atoms with Gasteiger partial charge < -0.3 is 15.6 Å². The Morgan fingerprint density at radius 1 is 1.60 bits per heavy atom. The molecule has 0 saturated heterocycles. The van der Waals surface area contributed by atoms with Crippen LogP contribution in [0.4, 0.5) is 4.39 Å². The molecule has 1 unspecified atom stereocenters. The van der Waals surface area contributed by atoms with Crippen molar-refractivity contribution < 1.29 is 19.0 Å². The average Bonchev–Trinajstić information content (AvgIpc) is 2.20. The highest BCUT2D eigenvalue weighted by molar-refractivity contribution is 5.81. The fourth-order valence-corrected chi connectivity index (χ4v) is 1.69. The minimum absolute atomic E-state index is 0.0637. The SMILES string of the molecule is NC1(C(=O)O)COCc2c(F)cccc21. The van der Waals surface area contributed by atoms with E-state index in [4.69, 9.17) is 15.6 Å². The van der Waals surface area contributed by atoms with Crippen LogP contribution in [-0.2, 0) is 21.7 Å². The van der Waals surface area contributed by atoms with E-state index in [-0.39, 0.29) is 18.8 Å². The average molecular weight is 211 g/mol. The second-order valence-electron chi connectivity index (χ2n) is 3.54. The zero-order valence-corrected chi connectivity index (χ0v) is 7.87. The standard InChI is InChI=1S/C10H10FNO3/c11-8-3-1-2-7-6(8)4-15-5-10(7,12)9(13)14/h1-3H,4-5,12H2,(H,13,14). The largest absolute Gasteiger partial charge is 0.480 e. The van der Waals surface area contributed by atoms with E-state index in [2.05, 4.69) is 0 Å². The third kappa shape index (κ3) is 1.40. The number of halogens is 1. The number of carboxylic acid groups (broad SMARTS) is 1. The molecule has 0 spiro atoms. The van der Waals surface area contributed by atoms with Crippen LogP contribution in [0.15, 0.2) is 18.2 Å². The highest BCUT2D eigenvalue weighted by Crippen LogP contribution is 2.30. The van der Waals surface area contributed by atoms with Crippen molar-refractivity contribution in [1.29, 1.82) is 0 Å². The molecule has 1 aromatic carbocycles. The second kappa shape index (κ2) is 3.29. The van der Waals surface area contributed by atoms with E-state index in [9.17, 15) is 9.18 Å². The van der Waals surface area contributed by atoms with Crippen molar-refractivity contribution in [1.82, 2.24) is 0 Å². The minimum Gasteiger partial charge on any atom is -0.480 e. The third-order valence-electron chi connectivity index (χ3n) is 2.56. The van der Waals surface area contributed by atoms with Gasteiger partial charge in [0.05, 0.1) is 13.2 Å². The Hall–Kier alpha value is -1.46. The highest BCUT2D eigenvalue weighted by atomic mass is 19.1. The van der Waals surface area contributed by atoms with Crippen LogP contribution in [0.25, 0.3) is 0 Å². The Morgan fingerprint density at radius 2 is 2.33 bits per heavy atom. The predicted molar refractivity (Wildman–Crippen MR) is 49.6 cm³/mol. The third-order valence-corrected chi connectivity index (χ3v) is 2.56. The number of nitrogens with two attached hydrogens (primary N) is 1. The Bertz CT molecular complexity index is 421. The van der Waals surface area contributed by atoms with Crippen molar-refractivity contribution in [3.8, 4) is 0 Å². The molecule has 0 bridgehead atoms. The molecule has 1 aromatic rings. The van der Waals surface area contributed by atoms with Gasteiger partial charge in [-0.2, -0.15) is 0 Å². The maximum atomic E-state index is 13.3. The van der Waals surface area contributed by atoms with Crippen LogP contribution in [-0.4, -0.2) is 17.7 Å². The van der Waals surface area contributed by atoms with E-state index in [1.54, 1.807) is 0 Å². The Labute approximate surface area is 85.5 Å². The van der Waals surface area contributed by atoms with Gasteiger partial charge >= 0.3 is 5.97 Å². The number of ether oxygens (including phenoxy) is 1. The molecule has 15 heavy (non-hydrogen) atoms. The number of hydrogen-bond donors (Lipinski definition) is 2. The number of carbonyl (C=O) groups is 1. The normalized spacial score (nSPS) is 24.7. The lowest BCUT2D eigenvalue weighted by atomic mass is 9.86. The zero-order chi connectivity index (χ0) is 11.1. The molecule has 4 nitrogen and oxygen atoms in total. The molecule has 1 aliphatic heterocycles. The summed E-state index contributed by atoms with van der Waals surface area (Å²) in [5, 5.41) is 9.01. The van der Waals surface area contributed by atoms with Crippen LogP contribution in [0, 0.1) is 5.82 Å². The van der Waals surface area contributed by atoms with Crippen LogP contribution in [0.3, 0.4) is 0 Å². The monoisotopic (exact) mass is 211 g/mol. The first-order chi connectivity index (χ1) is 7.05. The Balaban J connectivity index is 2.61. The summed E-state index contributed by atoms with van der Waals surface area (Å²) in [6.45, 7) is -0.0764. The van der Waals surface area contributed by atoms with Crippen LogP contribution in [0.1, 0.15) is 11.1 Å². The number of fused-ring (bicyclic) bond motifs is 1. The van der Waals surface area contributed by atoms with E-state index < -0.39 is 17.3 Å². The summed E-state index contributed by atoms with van der Waals surface area (Å²) in [4.78, 5) is 11.0. The topological polar surface area (TPSA) is 72.6 Å². The molecular formula is C10H10FNO3. The van der Waals surface area contributed by atoms with E-state index in [0.717, 1.165) is 0 Å². The Morgan fingerprint density at radius 3 is 3.00 bits per heavy atom. The number of rotatable bonds is 1. The molecule has 1 aliphatic rings. The molecule has 0 fully saturated rings. The summed E-state index contributed by atoms with van der Waals surface area (Å²) in [6, 6.07) is 4.23. The number of aliphatic carboxylic acids is 1. The molecule has 0 radical (unpaired) electrons. The van der Waals surface area contributed by atoms with Crippen molar-refractivity contribution in [2.24, 2.45) is 5.73 Å². The van der Waals surface area contributed by atoms with Gasteiger partial charge in [0.1, 0.15) is 5.82 Å². The first-order valence-corrected chi connectivity index (χ1v) is 4.43. The van der Waals surface area contributed by atoms with E-state index in [1.807, 2.05) is 0 Å². The van der Waals surface area contributed by atoms with Crippen LogP contribution in [0.2, 0.25) is 0 Å². The van der Waals surface area contributed by atoms with Crippen LogP contribution < -0.4 is 5.73 Å². The van der Waals surface area contributed by atoms with Gasteiger partial charge in [0.25, 0.3) is 0 Å². The molecule has 0 aromatic heterocycles. The molecular weight excluding hydrogens is 201 g/mol. The number of carboxylic acids is 1. The maximum Gasteiger partial charge on any atom is 0.330 e. The molecule has 3 N–H and O–H groups in total. The quantitative estimate of drug-likeness (QED) is 0.713. The van der Waals surface area contributed by atoms with Gasteiger partial charge in [0, 0.05) is 5.56 Å². The summed E-state index contributed by atoms with van der Waals surface area (Å²) in [5.41, 5.74) is 4.57. The fraction of sp³-hybridized carbons (Fsp3) is 0.300. The first kappa shape index (κ1) is 10.1. The van der Waals surface area contributed by atoms with Crippen molar-refractivity contribution in [2.75, 3.05) is 6.61 Å². The van der Waals surface area contributed by atoms with E-state index in [0.29, 0.717) is 5.56 Å². The highest BCUT2D eigenvalue weighted by Gasteiger charge is 2.41. The predicted octanol–water partition coefficient (Wildman–Crippen LogP) is 0.594. The van der Waals surface area contributed by atoms with Gasteiger partial charge in [0.2, 0.25) is 0 Å². The van der Waals surface area contributed by atoms with Crippen LogP contribution in [0.5, 0.6) is 0 Å². The maximum absolute atomic E-state index is 13.3. The van der Waals surface area contributed by atoms with Gasteiger partial charge in [-0.05, 0) is 11.6 Å². The summed E-state index contributed by atoms with van der Waals surface area (Å²) >= 11 is 0. The summed E-state index contributed by atoms with van der Waals surface area (Å²) < 4.78 is 18.4.